The molecule has 3 aromatic rings. The van der Waals surface area contributed by atoms with Gasteiger partial charge in [-0.25, -0.2) is 4.39 Å². The van der Waals surface area contributed by atoms with Gasteiger partial charge in [0, 0.05) is 29.0 Å². The van der Waals surface area contributed by atoms with Gasteiger partial charge in [0.1, 0.15) is 17.3 Å². The molecule has 25 heavy (non-hydrogen) atoms. The molecule has 0 aromatic heterocycles. The number of fused-ring (bicyclic) bond motifs is 2. The van der Waals surface area contributed by atoms with E-state index < -0.39 is 17.8 Å². The summed E-state index contributed by atoms with van der Waals surface area (Å²) in [7, 11) is 0. The van der Waals surface area contributed by atoms with Crippen molar-refractivity contribution in [1.82, 2.24) is 0 Å². The number of benzene rings is 3. The molecule has 3 aromatic carbocycles. The van der Waals surface area contributed by atoms with Crippen LogP contribution in [0.1, 0.15) is 26.7 Å². The minimum Gasteiger partial charge on any atom is -0.425 e. The summed E-state index contributed by atoms with van der Waals surface area (Å²) in [6, 6.07) is 11.5. The van der Waals surface area contributed by atoms with Gasteiger partial charge in [-0.1, -0.05) is 50.2 Å². The fourth-order valence-corrected chi connectivity index (χ4v) is 2.69. The van der Waals surface area contributed by atoms with Crippen molar-refractivity contribution in [2.75, 3.05) is 0 Å². The van der Waals surface area contributed by atoms with E-state index in [2.05, 4.69) is 0 Å². The van der Waals surface area contributed by atoms with E-state index in [9.17, 15) is 14.0 Å². The summed E-state index contributed by atoms with van der Waals surface area (Å²) in [5.74, 6) is -1.02. The first-order valence-electron chi connectivity index (χ1n) is 8.11. The zero-order valence-corrected chi connectivity index (χ0v) is 14.0. The Morgan fingerprint density at radius 3 is 1.92 bits per heavy atom. The Morgan fingerprint density at radius 2 is 1.32 bits per heavy atom. The molecule has 0 aliphatic rings. The van der Waals surface area contributed by atoms with E-state index in [-0.39, 0.29) is 29.7 Å². The van der Waals surface area contributed by atoms with Crippen molar-refractivity contribution in [2.45, 2.75) is 26.7 Å². The van der Waals surface area contributed by atoms with Gasteiger partial charge in [0.25, 0.3) is 0 Å². The molecule has 4 nitrogen and oxygen atoms in total. The quantitative estimate of drug-likeness (QED) is 0.390. The van der Waals surface area contributed by atoms with Crippen LogP contribution in [0, 0.1) is 5.82 Å². The normalized spacial score (nSPS) is 10.8. The summed E-state index contributed by atoms with van der Waals surface area (Å²) in [6.07, 6.45) is 0.356. The van der Waals surface area contributed by atoms with E-state index in [0.717, 1.165) is 0 Å². The number of carbonyl (C=O) groups is 2. The molecule has 0 heterocycles. The van der Waals surface area contributed by atoms with Crippen LogP contribution in [0.2, 0.25) is 0 Å². The fourth-order valence-electron chi connectivity index (χ4n) is 2.69. The third-order valence-electron chi connectivity index (χ3n) is 3.91. The van der Waals surface area contributed by atoms with Crippen molar-refractivity contribution in [1.29, 1.82) is 0 Å². The molecule has 5 heteroatoms. The Labute approximate surface area is 144 Å². The summed E-state index contributed by atoms with van der Waals surface area (Å²) < 4.78 is 25.5. The Bertz CT molecular complexity index is 978. The second-order valence-electron chi connectivity index (χ2n) is 5.52. The third kappa shape index (κ3) is 3.05. The average molecular weight is 340 g/mol. The maximum atomic E-state index is 14.6. The Morgan fingerprint density at radius 1 is 0.800 bits per heavy atom. The molecule has 3 rings (SSSR count). The molecule has 0 spiro atoms. The van der Waals surface area contributed by atoms with Crippen molar-refractivity contribution < 1.29 is 23.5 Å². The van der Waals surface area contributed by atoms with Crippen LogP contribution in [-0.4, -0.2) is 11.9 Å². The number of hydrogen-bond acceptors (Lipinski definition) is 4. The lowest BCUT2D eigenvalue weighted by Gasteiger charge is -2.16. The minimum absolute atomic E-state index is 0.127. The number of halogens is 1. The van der Waals surface area contributed by atoms with Gasteiger partial charge in [0.2, 0.25) is 0 Å². The van der Waals surface area contributed by atoms with Gasteiger partial charge >= 0.3 is 11.9 Å². The van der Waals surface area contributed by atoms with Crippen LogP contribution in [0.15, 0.2) is 42.5 Å². The molecule has 0 saturated carbocycles. The lowest BCUT2D eigenvalue weighted by Crippen LogP contribution is -2.09. The molecular weight excluding hydrogens is 323 g/mol. The van der Waals surface area contributed by atoms with Crippen LogP contribution < -0.4 is 9.47 Å². The van der Waals surface area contributed by atoms with Crippen LogP contribution in [0.5, 0.6) is 11.5 Å². The highest BCUT2D eigenvalue weighted by Crippen LogP contribution is 2.44. The molecule has 0 aliphatic carbocycles. The summed E-state index contributed by atoms with van der Waals surface area (Å²) in [5.41, 5.74) is 0. The zero-order chi connectivity index (χ0) is 18.0. The lowest BCUT2D eigenvalue weighted by atomic mass is 10.00. The second kappa shape index (κ2) is 6.89. The van der Waals surface area contributed by atoms with E-state index in [0.29, 0.717) is 16.2 Å². The van der Waals surface area contributed by atoms with Crippen molar-refractivity contribution >= 4 is 33.5 Å². The monoisotopic (exact) mass is 340 g/mol. The molecule has 0 bridgehead atoms. The summed E-state index contributed by atoms with van der Waals surface area (Å²) in [4.78, 5) is 23.7. The Kier molecular flexibility index (Phi) is 4.65. The number of hydrogen-bond donors (Lipinski definition) is 0. The van der Waals surface area contributed by atoms with Gasteiger partial charge in [-0.05, 0) is 6.07 Å². The van der Waals surface area contributed by atoms with E-state index in [1.807, 2.05) is 0 Å². The Balaban J connectivity index is 2.43. The van der Waals surface area contributed by atoms with E-state index in [1.54, 1.807) is 44.2 Å². The standard InChI is InChI=1S/C20H17FO4/c1-3-16(22)24-19-12-8-5-6-9-13(12)20(25-17(23)4-2)18-14(19)10-7-11-15(18)21/h5-11H,3-4H2,1-2H3. The van der Waals surface area contributed by atoms with Gasteiger partial charge in [-0.15, -0.1) is 0 Å². The predicted molar refractivity (Wildman–Crippen MR) is 93.3 cm³/mol. The third-order valence-corrected chi connectivity index (χ3v) is 3.91. The largest absolute Gasteiger partial charge is 0.425 e. The summed E-state index contributed by atoms with van der Waals surface area (Å²) in [6.45, 7) is 3.35. The fraction of sp³-hybridized carbons (Fsp3) is 0.200. The number of rotatable bonds is 4. The molecule has 0 amide bonds. The highest BCUT2D eigenvalue weighted by molar-refractivity contribution is 6.12. The molecule has 0 saturated heterocycles. The number of ether oxygens (including phenoxy) is 2. The lowest BCUT2D eigenvalue weighted by molar-refractivity contribution is -0.134. The van der Waals surface area contributed by atoms with Crippen LogP contribution in [-0.2, 0) is 9.59 Å². The smallest absolute Gasteiger partial charge is 0.310 e. The van der Waals surface area contributed by atoms with E-state index in [4.69, 9.17) is 9.47 Å². The first-order valence-corrected chi connectivity index (χ1v) is 8.11. The topological polar surface area (TPSA) is 52.6 Å². The minimum atomic E-state index is -0.545. The Hall–Kier alpha value is -2.95. The van der Waals surface area contributed by atoms with Crippen LogP contribution in [0.4, 0.5) is 4.39 Å². The summed E-state index contributed by atoms with van der Waals surface area (Å²) >= 11 is 0. The zero-order valence-electron chi connectivity index (χ0n) is 14.0. The van der Waals surface area contributed by atoms with Crippen LogP contribution >= 0.6 is 0 Å². The van der Waals surface area contributed by atoms with E-state index >= 15 is 0 Å². The van der Waals surface area contributed by atoms with Crippen molar-refractivity contribution in [2.24, 2.45) is 0 Å². The molecule has 0 aliphatic heterocycles. The molecule has 0 fully saturated rings. The molecule has 0 N–H and O–H groups in total. The van der Waals surface area contributed by atoms with Crippen molar-refractivity contribution in [3.8, 4) is 11.5 Å². The molecule has 0 radical (unpaired) electrons. The van der Waals surface area contributed by atoms with E-state index in [1.165, 1.54) is 12.1 Å². The van der Waals surface area contributed by atoms with Crippen molar-refractivity contribution in [3.63, 3.8) is 0 Å². The maximum absolute atomic E-state index is 14.6. The average Bonchev–Trinajstić information content (AvgIpc) is 2.63. The summed E-state index contributed by atoms with van der Waals surface area (Å²) in [5, 5.41) is 1.61. The SMILES string of the molecule is CCC(=O)Oc1c2ccccc2c(OC(=O)CC)c2c(F)cccc12. The molecular formula is C20H17FO4. The van der Waals surface area contributed by atoms with Crippen LogP contribution in [0.3, 0.4) is 0 Å². The first-order chi connectivity index (χ1) is 12.1. The van der Waals surface area contributed by atoms with Gasteiger partial charge in [0.05, 0.1) is 5.39 Å². The highest BCUT2D eigenvalue weighted by atomic mass is 19.1. The molecule has 0 unspecified atom stereocenters. The van der Waals surface area contributed by atoms with Gasteiger partial charge < -0.3 is 9.47 Å². The molecule has 0 atom stereocenters. The number of carbonyl (C=O) groups excluding carboxylic acids is 2. The maximum Gasteiger partial charge on any atom is 0.310 e. The van der Waals surface area contributed by atoms with Gasteiger partial charge in [-0.2, -0.15) is 0 Å². The van der Waals surface area contributed by atoms with Crippen LogP contribution in [0.25, 0.3) is 21.5 Å². The highest BCUT2D eigenvalue weighted by Gasteiger charge is 2.21. The van der Waals surface area contributed by atoms with Gasteiger partial charge in [-0.3, -0.25) is 9.59 Å². The predicted octanol–water partition coefficient (Wildman–Crippen LogP) is 4.76. The first kappa shape index (κ1) is 16.9. The van der Waals surface area contributed by atoms with Crippen molar-refractivity contribution in [3.05, 3.63) is 48.3 Å². The molecule has 128 valence electrons. The van der Waals surface area contributed by atoms with Gasteiger partial charge in [0.15, 0.2) is 0 Å². The second-order valence-corrected chi connectivity index (χ2v) is 5.52. The number of esters is 2.